The van der Waals surface area contributed by atoms with Gasteiger partial charge in [0, 0.05) is 24.8 Å². The number of nitrogens with one attached hydrogen (secondary N) is 1. The Balaban J connectivity index is 1.51. The number of hydrogen-bond acceptors (Lipinski definition) is 5. The molecule has 1 aromatic carbocycles. The van der Waals surface area contributed by atoms with Gasteiger partial charge in [0.15, 0.2) is 0 Å². The summed E-state index contributed by atoms with van der Waals surface area (Å²) in [6.45, 7) is 1.39. The first-order valence-electron chi connectivity index (χ1n) is 10.5. The second-order valence-corrected chi connectivity index (χ2v) is 7.73. The van der Waals surface area contributed by atoms with E-state index in [0.717, 1.165) is 47.5 Å². The molecule has 31 heavy (non-hydrogen) atoms. The fourth-order valence-electron chi connectivity index (χ4n) is 4.32. The molecule has 1 aliphatic rings. The van der Waals surface area contributed by atoms with E-state index in [9.17, 15) is 4.39 Å². The van der Waals surface area contributed by atoms with Crippen molar-refractivity contribution < 1.29 is 9.50 Å². The lowest BCUT2D eigenvalue weighted by Crippen LogP contribution is -2.24. The molecule has 2 N–H and O–H groups in total. The lowest BCUT2D eigenvalue weighted by atomic mass is 10.0. The number of aliphatic hydroxyl groups is 1. The summed E-state index contributed by atoms with van der Waals surface area (Å²) < 4.78 is 15.8. The molecule has 0 spiro atoms. The molecule has 0 amide bonds. The van der Waals surface area contributed by atoms with Crippen molar-refractivity contribution in [3.63, 3.8) is 0 Å². The first-order chi connectivity index (χ1) is 15.2. The third-order valence-corrected chi connectivity index (χ3v) is 5.74. The number of pyridine rings is 1. The second-order valence-electron chi connectivity index (χ2n) is 7.73. The van der Waals surface area contributed by atoms with Crippen molar-refractivity contribution in [2.75, 3.05) is 29.9 Å². The smallest absolute Gasteiger partial charge is 0.150 e. The van der Waals surface area contributed by atoms with E-state index in [-0.39, 0.29) is 18.5 Å². The van der Waals surface area contributed by atoms with Crippen molar-refractivity contribution in [3.8, 4) is 11.3 Å². The summed E-state index contributed by atoms with van der Waals surface area (Å²) in [5.41, 5.74) is 3.94. The van der Waals surface area contributed by atoms with Crippen molar-refractivity contribution in [2.24, 2.45) is 0 Å². The van der Waals surface area contributed by atoms with Crippen molar-refractivity contribution >= 4 is 17.2 Å². The first kappa shape index (κ1) is 19.5. The van der Waals surface area contributed by atoms with Gasteiger partial charge in [-0.1, -0.05) is 12.1 Å². The van der Waals surface area contributed by atoms with Gasteiger partial charge in [0.25, 0.3) is 0 Å². The van der Waals surface area contributed by atoms with Crippen molar-refractivity contribution in [1.29, 1.82) is 0 Å². The van der Waals surface area contributed by atoms with Crippen LogP contribution in [0.15, 0.2) is 66.9 Å². The summed E-state index contributed by atoms with van der Waals surface area (Å²) in [5, 5.41) is 17.1. The van der Waals surface area contributed by atoms with Gasteiger partial charge in [0.05, 0.1) is 23.9 Å². The highest BCUT2D eigenvalue weighted by molar-refractivity contribution is 5.69. The molecule has 1 aliphatic heterocycles. The van der Waals surface area contributed by atoms with Gasteiger partial charge in [-0.2, -0.15) is 0 Å². The topological polar surface area (TPSA) is 65.7 Å². The SMILES string of the molecule is OCCNc1cc(-c2ccc3ccc(N4CCCC4c4cccc(F)c4)nn23)ccn1. The number of halogens is 1. The van der Waals surface area contributed by atoms with E-state index in [1.165, 1.54) is 6.07 Å². The van der Waals surface area contributed by atoms with Crippen LogP contribution in [0.3, 0.4) is 0 Å². The van der Waals surface area contributed by atoms with Gasteiger partial charge in [-0.15, -0.1) is 5.10 Å². The average molecular weight is 417 g/mol. The summed E-state index contributed by atoms with van der Waals surface area (Å²) in [7, 11) is 0. The molecular weight excluding hydrogens is 393 g/mol. The standard InChI is InChI=1S/C24H24FN5O/c25-19-4-1-3-17(15-19)21-5-2-13-29(21)24-9-7-20-6-8-22(30(20)28-24)18-10-11-26-23(16-18)27-12-14-31/h1,3-4,6-11,15-16,21,31H,2,5,12-14H2,(H,26,27). The third kappa shape index (κ3) is 3.84. The minimum absolute atomic E-state index is 0.0488. The van der Waals surface area contributed by atoms with Gasteiger partial charge >= 0.3 is 0 Å². The Morgan fingerprint density at radius 3 is 2.87 bits per heavy atom. The Bertz CT molecular complexity index is 1210. The molecule has 0 bridgehead atoms. The Kier molecular flexibility index (Phi) is 5.26. The molecule has 158 valence electrons. The molecule has 5 rings (SSSR count). The van der Waals surface area contributed by atoms with E-state index >= 15 is 0 Å². The van der Waals surface area contributed by atoms with Crippen LogP contribution in [0.1, 0.15) is 24.4 Å². The number of nitrogens with zero attached hydrogens (tertiary/aromatic N) is 4. The van der Waals surface area contributed by atoms with Crippen LogP contribution in [-0.2, 0) is 0 Å². The van der Waals surface area contributed by atoms with E-state index in [1.807, 2.05) is 40.9 Å². The third-order valence-electron chi connectivity index (χ3n) is 5.74. The van der Waals surface area contributed by atoms with E-state index in [1.54, 1.807) is 18.3 Å². The predicted octanol–water partition coefficient (Wildman–Crippen LogP) is 4.28. The maximum Gasteiger partial charge on any atom is 0.150 e. The minimum atomic E-state index is -0.205. The Morgan fingerprint density at radius 1 is 1.10 bits per heavy atom. The zero-order valence-electron chi connectivity index (χ0n) is 17.1. The molecular formula is C24H24FN5O. The molecule has 7 heteroatoms. The summed E-state index contributed by atoms with van der Waals surface area (Å²) in [4.78, 5) is 6.57. The lowest BCUT2D eigenvalue weighted by Gasteiger charge is -2.26. The fraction of sp³-hybridized carbons (Fsp3) is 0.250. The number of aromatic nitrogens is 3. The fourth-order valence-corrected chi connectivity index (χ4v) is 4.32. The second kappa shape index (κ2) is 8.35. The number of fused-ring (bicyclic) bond motifs is 1. The molecule has 1 unspecified atom stereocenters. The van der Waals surface area contributed by atoms with Gasteiger partial charge in [-0.25, -0.2) is 13.9 Å². The monoisotopic (exact) mass is 417 g/mol. The zero-order chi connectivity index (χ0) is 21.2. The number of hydrogen-bond donors (Lipinski definition) is 2. The number of benzene rings is 1. The highest BCUT2D eigenvalue weighted by Gasteiger charge is 2.27. The first-order valence-corrected chi connectivity index (χ1v) is 10.5. The predicted molar refractivity (Wildman–Crippen MR) is 120 cm³/mol. The van der Waals surface area contributed by atoms with Crippen molar-refractivity contribution in [3.05, 3.63) is 78.2 Å². The number of rotatable bonds is 6. The Morgan fingerprint density at radius 2 is 2.00 bits per heavy atom. The summed E-state index contributed by atoms with van der Waals surface area (Å²) in [6, 6.07) is 19.1. The van der Waals surface area contributed by atoms with Gasteiger partial charge in [-0.05, 0) is 66.9 Å². The van der Waals surface area contributed by atoms with E-state index in [2.05, 4.69) is 21.3 Å². The summed E-state index contributed by atoms with van der Waals surface area (Å²) in [6.07, 6.45) is 3.77. The van der Waals surface area contributed by atoms with Crippen molar-refractivity contribution in [1.82, 2.24) is 14.6 Å². The quantitative estimate of drug-likeness (QED) is 0.490. The van der Waals surface area contributed by atoms with Gasteiger partial charge in [0.2, 0.25) is 0 Å². The number of aliphatic hydroxyl groups excluding tert-OH is 1. The zero-order valence-corrected chi connectivity index (χ0v) is 17.1. The van der Waals surface area contributed by atoms with Crippen LogP contribution in [0.25, 0.3) is 16.8 Å². The van der Waals surface area contributed by atoms with Gasteiger partial charge in [0.1, 0.15) is 17.5 Å². The van der Waals surface area contributed by atoms with Crippen LogP contribution in [0.4, 0.5) is 16.0 Å². The highest BCUT2D eigenvalue weighted by Crippen LogP contribution is 2.36. The van der Waals surface area contributed by atoms with Crippen LogP contribution < -0.4 is 10.2 Å². The maximum atomic E-state index is 13.8. The Labute approximate surface area is 180 Å². The maximum absolute atomic E-state index is 13.8. The molecule has 4 aromatic rings. The molecule has 0 saturated carbocycles. The molecule has 1 saturated heterocycles. The molecule has 6 nitrogen and oxygen atoms in total. The molecule has 0 radical (unpaired) electrons. The van der Waals surface area contributed by atoms with E-state index in [0.29, 0.717) is 12.4 Å². The largest absolute Gasteiger partial charge is 0.395 e. The van der Waals surface area contributed by atoms with Gasteiger partial charge < -0.3 is 15.3 Å². The molecule has 3 aromatic heterocycles. The molecule has 1 fully saturated rings. The normalized spacial score (nSPS) is 16.2. The average Bonchev–Trinajstić information content (AvgIpc) is 3.45. The highest BCUT2D eigenvalue weighted by atomic mass is 19.1. The summed E-state index contributed by atoms with van der Waals surface area (Å²) >= 11 is 0. The van der Waals surface area contributed by atoms with Crippen LogP contribution in [0.5, 0.6) is 0 Å². The molecule has 0 aliphatic carbocycles. The number of anilines is 2. The Hall–Kier alpha value is -3.45. The van der Waals surface area contributed by atoms with Crippen LogP contribution in [0.2, 0.25) is 0 Å². The van der Waals surface area contributed by atoms with E-state index < -0.39 is 0 Å². The van der Waals surface area contributed by atoms with Crippen LogP contribution >= 0.6 is 0 Å². The van der Waals surface area contributed by atoms with Crippen LogP contribution in [0, 0.1) is 5.82 Å². The van der Waals surface area contributed by atoms with Gasteiger partial charge in [-0.3, -0.25) is 0 Å². The van der Waals surface area contributed by atoms with Crippen LogP contribution in [-0.4, -0.2) is 39.4 Å². The van der Waals surface area contributed by atoms with E-state index in [4.69, 9.17) is 10.2 Å². The molecule has 1 atom stereocenters. The minimum Gasteiger partial charge on any atom is -0.395 e. The summed E-state index contributed by atoms with van der Waals surface area (Å²) in [5.74, 6) is 1.39. The lowest BCUT2D eigenvalue weighted by molar-refractivity contribution is 0.311. The van der Waals surface area contributed by atoms with Crippen molar-refractivity contribution in [2.45, 2.75) is 18.9 Å². The molecule has 4 heterocycles.